The van der Waals surface area contributed by atoms with Crippen molar-refractivity contribution in [3.8, 4) is 5.69 Å². The van der Waals surface area contributed by atoms with Crippen LogP contribution in [0, 0.1) is 13.8 Å². The molecule has 0 spiro atoms. The molecule has 0 aliphatic rings. The average molecular weight is 312 g/mol. The Morgan fingerprint density at radius 3 is 2.50 bits per heavy atom. The number of halogens is 2. The summed E-state index contributed by atoms with van der Waals surface area (Å²) >= 11 is 12.6. The number of nitrogens with zero attached hydrogens (tertiary/aromatic N) is 2. The van der Waals surface area contributed by atoms with Crippen LogP contribution in [0.3, 0.4) is 0 Å². The summed E-state index contributed by atoms with van der Waals surface area (Å²) in [6.07, 6.45) is 0. The lowest BCUT2D eigenvalue weighted by Gasteiger charge is -2.15. The molecule has 20 heavy (non-hydrogen) atoms. The molecule has 0 bridgehead atoms. The number of aryl methyl sites for hydroxylation is 1. The molecule has 108 valence electrons. The van der Waals surface area contributed by atoms with Crippen LogP contribution in [0.5, 0.6) is 0 Å². The minimum absolute atomic E-state index is 0.227. The maximum Gasteiger partial charge on any atom is 0.0848 e. The van der Waals surface area contributed by atoms with Gasteiger partial charge >= 0.3 is 0 Å². The maximum absolute atomic E-state index is 6.39. The van der Waals surface area contributed by atoms with Gasteiger partial charge in [0.2, 0.25) is 0 Å². The third-order valence-corrected chi connectivity index (χ3v) is 4.28. The lowest BCUT2D eigenvalue weighted by molar-refractivity contribution is 0.598. The van der Waals surface area contributed by atoms with Crippen molar-refractivity contribution < 1.29 is 0 Å². The largest absolute Gasteiger partial charge is 0.310 e. The van der Waals surface area contributed by atoms with Gasteiger partial charge in [0.15, 0.2) is 0 Å². The van der Waals surface area contributed by atoms with Crippen LogP contribution in [0.1, 0.15) is 36.8 Å². The normalized spacial score (nSPS) is 12.7. The standard InChI is InChI=1S/C15H19Cl2N3/c1-5-18-9(2)13-7-6-12(8-14(13)16)20-11(4)15(17)10(3)19-20/h6-9,18H,5H2,1-4H3. The molecule has 1 unspecified atom stereocenters. The van der Waals surface area contributed by atoms with Crippen LogP contribution < -0.4 is 5.32 Å². The summed E-state index contributed by atoms with van der Waals surface area (Å²) in [4.78, 5) is 0. The summed E-state index contributed by atoms with van der Waals surface area (Å²) in [7, 11) is 0. The first-order valence-electron chi connectivity index (χ1n) is 6.70. The van der Waals surface area contributed by atoms with E-state index in [4.69, 9.17) is 23.2 Å². The molecule has 0 aliphatic heterocycles. The first-order valence-corrected chi connectivity index (χ1v) is 7.46. The Morgan fingerprint density at radius 1 is 1.30 bits per heavy atom. The Kier molecular flexibility index (Phi) is 4.74. The zero-order valence-corrected chi connectivity index (χ0v) is 13.7. The lowest BCUT2D eigenvalue weighted by atomic mass is 10.1. The van der Waals surface area contributed by atoms with Gasteiger partial charge in [0.25, 0.3) is 0 Å². The van der Waals surface area contributed by atoms with Crippen LogP contribution >= 0.6 is 23.2 Å². The van der Waals surface area contributed by atoms with E-state index in [9.17, 15) is 0 Å². The van der Waals surface area contributed by atoms with Crippen LogP contribution in [0.15, 0.2) is 18.2 Å². The number of hydrogen-bond donors (Lipinski definition) is 1. The first-order chi connectivity index (χ1) is 9.45. The quantitative estimate of drug-likeness (QED) is 0.903. The van der Waals surface area contributed by atoms with Gasteiger partial charge in [0, 0.05) is 11.1 Å². The predicted octanol–water partition coefficient (Wildman–Crippen LogP) is 4.47. The van der Waals surface area contributed by atoms with Crippen molar-refractivity contribution in [2.75, 3.05) is 6.54 Å². The number of hydrogen-bond acceptors (Lipinski definition) is 2. The average Bonchev–Trinajstić information content (AvgIpc) is 2.66. The van der Waals surface area contributed by atoms with Gasteiger partial charge in [-0.1, -0.05) is 36.2 Å². The molecule has 5 heteroatoms. The van der Waals surface area contributed by atoms with Gasteiger partial charge in [-0.05, 0) is 45.0 Å². The van der Waals surface area contributed by atoms with Gasteiger partial charge in [-0.25, -0.2) is 4.68 Å². The number of benzene rings is 1. The lowest BCUT2D eigenvalue weighted by Crippen LogP contribution is -2.18. The predicted molar refractivity (Wildman–Crippen MR) is 85.1 cm³/mol. The van der Waals surface area contributed by atoms with Crippen LogP contribution in [0.25, 0.3) is 5.69 Å². The van der Waals surface area contributed by atoms with E-state index in [2.05, 4.69) is 24.3 Å². The molecule has 3 nitrogen and oxygen atoms in total. The van der Waals surface area contributed by atoms with Gasteiger partial charge in [0.1, 0.15) is 0 Å². The zero-order valence-electron chi connectivity index (χ0n) is 12.2. The Hall–Kier alpha value is -1.03. The summed E-state index contributed by atoms with van der Waals surface area (Å²) in [6.45, 7) is 8.94. The number of rotatable bonds is 4. The molecule has 2 rings (SSSR count). The molecule has 0 radical (unpaired) electrons. The smallest absolute Gasteiger partial charge is 0.0848 e. The molecule has 1 aromatic heterocycles. The van der Waals surface area contributed by atoms with Gasteiger partial charge in [0.05, 0.1) is 22.1 Å². The molecule has 0 saturated carbocycles. The van der Waals surface area contributed by atoms with Crippen molar-refractivity contribution in [3.05, 3.63) is 45.2 Å². The summed E-state index contributed by atoms with van der Waals surface area (Å²) < 4.78 is 1.82. The molecule has 1 heterocycles. The third kappa shape index (κ3) is 2.85. The van der Waals surface area contributed by atoms with Crippen molar-refractivity contribution in [2.24, 2.45) is 0 Å². The highest BCUT2D eigenvalue weighted by Gasteiger charge is 2.13. The summed E-state index contributed by atoms with van der Waals surface area (Å²) in [6, 6.07) is 6.21. The Balaban J connectivity index is 2.40. The Bertz CT molecular complexity index is 620. The highest BCUT2D eigenvalue weighted by atomic mass is 35.5. The van der Waals surface area contributed by atoms with E-state index >= 15 is 0 Å². The highest BCUT2D eigenvalue weighted by Crippen LogP contribution is 2.28. The highest BCUT2D eigenvalue weighted by molar-refractivity contribution is 6.32. The summed E-state index contributed by atoms with van der Waals surface area (Å²) in [5.74, 6) is 0. The first kappa shape index (κ1) is 15.4. The SMILES string of the molecule is CCNC(C)c1ccc(-n2nc(C)c(Cl)c2C)cc1Cl. The fourth-order valence-electron chi connectivity index (χ4n) is 2.29. The zero-order chi connectivity index (χ0) is 14.9. The number of nitrogens with one attached hydrogen (secondary N) is 1. The molecular formula is C15H19Cl2N3. The van der Waals surface area contributed by atoms with E-state index in [1.165, 1.54) is 0 Å². The van der Waals surface area contributed by atoms with Crippen molar-refractivity contribution >= 4 is 23.2 Å². The van der Waals surface area contributed by atoms with Crippen LogP contribution in [-0.2, 0) is 0 Å². The second-order valence-corrected chi connectivity index (χ2v) is 5.67. The van der Waals surface area contributed by atoms with E-state index in [0.717, 1.165) is 34.2 Å². The minimum Gasteiger partial charge on any atom is -0.310 e. The van der Waals surface area contributed by atoms with Crippen molar-refractivity contribution in [1.29, 1.82) is 0 Å². The van der Waals surface area contributed by atoms with Crippen LogP contribution in [-0.4, -0.2) is 16.3 Å². The molecule has 0 amide bonds. The second-order valence-electron chi connectivity index (χ2n) is 4.88. The van der Waals surface area contributed by atoms with Gasteiger partial charge < -0.3 is 5.32 Å². The minimum atomic E-state index is 0.227. The molecule has 1 aromatic carbocycles. The van der Waals surface area contributed by atoms with E-state index in [0.29, 0.717) is 5.02 Å². The van der Waals surface area contributed by atoms with Crippen molar-refractivity contribution in [2.45, 2.75) is 33.7 Å². The molecule has 0 saturated heterocycles. The van der Waals surface area contributed by atoms with E-state index in [1.807, 2.05) is 36.7 Å². The fraction of sp³-hybridized carbons (Fsp3) is 0.400. The second kappa shape index (κ2) is 6.17. The third-order valence-electron chi connectivity index (χ3n) is 3.41. The Morgan fingerprint density at radius 2 is 2.00 bits per heavy atom. The molecule has 2 aromatic rings. The van der Waals surface area contributed by atoms with E-state index in [-0.39, 0.29) is 6.04 Å². The van der Waals surface area contributed by atoms with E-state index < -0.39 is 0 Å². The molecule has 1 atom stereocenters. The van der Waals surface area contributed by atoms with Crippen LogP contribution in [0.2, 0.25) is 10.0 Å². The molecule has 0 aliphatic carbocycles. The molecule has 0 fully saturated rings. The topological polar surface area (TPSA) is 29.9 Å². The van der Waals surface area contributed by atoms with Crippen LogP contribution in [0.4, 0.5) is 0 Å². The van der Waals surface area contributed by atoms with Crippen molar-refractivity contribution in [1.82, 2.24) is 15.1 Å². The van der Waals surface area contributed by atoms with Gasteiger partial charge in [-0.2, -0.15) is 5.10 Å². The maximum atomic E-state index is 6.39. The molecular weight excluding hydrogens is 293 g/mol. The number of aromatic nitrogens is 2. The summed E-state index contributed by atoms with van der Waals surface area (Å²) in [5, 5.41) is 9.24. The van der Waals surface area contributed by atoms with E-state index in [1.54, 1.807) is 0 Å². The molecule has 1 N–H and O–H groups in total. The van der Waals surface area contributed by atoms with Gasteiger partial charge in [-0.15, -0.1) is 0 Å². The fourth-order valence-corrected chi connectivity index (χ4v) is 2.75. The van der Waals surface area contributed by atoms with Crippen molar-refractivity contribution in [3.63, 3.8) is 0 Å². The summed E-state index contributed by atoms with van der Waals surface area (Å²) in [5.41, 5.74) is 3.76. The monoisotopic (exact) mass is 311 g/mol. The van der Waals surface area contributed by atoms with Gasteiger partial charge in [-0.3, -0.25) is 0 Å². The Labute approximate surface area is 129 Å².